The molecule has 29 heavy (non-hydrogen) atoms. The van der Waals surface area contributed by atoms with Gasteiger partial charge in [-0.15, -0.1) is 10.2 Å². The second-order valence-electron chi connectivity index (χ2n) is 6.14. The fourth-order valence-electron chi connectivity index (χ4n) is 2.47. The summed E-state index contributed by atoms with van der Waals surface area (Å²) in [5, 5.41) is 9.89. The number of nitrogens with one attached hydrogen (secondary N) is 1. The highest BCUT2D eigenvalue weighted by atomic mass is 32.2. The number of hydrogen-bond acceptors (Lipinski definition) is 5. The molecule has 0 aliphatic heterocycles. The molecule has 150 valence electrons. The highest BCUT2D eigenvalue weighted by Crippen LogP contribution is 2.30. The predicted molar refractivity (Wildman–Crippen MR) is 100.0 cm³/mol. The van der Waals surface area contributed by atoms with E-state index in [-0.39, 0.29) is 10.6 Å². The van der Waals surface area contributed by atoms with Crippen molar-refractivity contribution in [3.05, 3.63) is 71.8 Å². The number of carbonyl (C=O) groups excluding carboxylic acids is 1. The lowest BCUT2D eigenvalue weighted by Gasteiger charge is -2.10. The van der Waals surface area contributed by atoms with Crippen molar-refractivity contribution in [2.45, 2.75) is 11.2 Å². The van der Waals surface area contributed by atoms with Crippen molar-refractivity contribution in [3.63, 3.8) is 0 Å². The number of nitrogens with zero attached hydrogens (tertiary/aromatic N) is 2. The third-order valence-corrected chi connectivity index (χ3v) is 4.87. The van der Waals surface area contributed by atoms with E-state index in [0.717, 1.165) is 24.5 Å². The average Bonchev–Trinajstić information content (AvgIpc) is 2.67. The summed E-state index contributed by atoms with van der Waals surface area (Å²) in [4.78, 5) is 12.3. The Kier molecular flexibility index (Phi) is 5.38. The molecule has 0 saturated heterocycles. The van der Waals surface area contributed by atoms with Crippen molar-refractivity contribution in [3.8, 4) is 11.3 Å². The molecular formula is C19H14F3N3O3S. The van der Waals surface area contributed by atoms with Gasteiger partial charge in [0.2, 0.25) is 0 Å². The Morgan fingerprint density at radius 1 is 0.966 bits per heavy atom. The molecule has 0 atom stereocenters. The molecule has 0 bridgehead atoms. The van der Waals surface area contributed by atoms with Gasteiger partial charge in [0, 0.05) is 23.1 Å². The maximum atomic E-state index is 12.8. The number of amides is 1. The van der Waals surface area contributed by atoms with Crippen molar-refractivity contribution < 1.29 is 26.4 Å². The molecule has 0 aliphatic carbocycles. The molecule has 0 fully saturated rings. The van der Waals surface area contributed by atoms with Crippen molar-refractivity contribution >= 4 is 21.4 Å². The number of aromatic nitrogens is 2. The van der Waals surface area contributed by atoms with Crippen molar-refractivity contribution in [1.29, 1.82) is 0 Å². The van der Waals surface area contributed by atoms with Gasteiger partial charge >= 0.3 is 6.18 Å². The van der Waals surface area contributed by atoms with Crippen LogP contribution >= 0.6 is 0 Å². The van der Waals surface area contributed by atoms with Gasteiger partial charge in [-0.1, -0.05) is 18.2 Å². The van der Waals surface area contributed by atoms with Crippen LogP contribution in [-0.4, -0.2) is 30.8 Å². The number of hydrogen-bond donors (Lipinski definition) is 1. The molecule has 0 unspecified atom stereocenters. The molecule has 0 radical (unpaired) electrons. The van der Waals surface area contributed by atoms with Gasteiger partial charge in [0.05, 0.1) is 11.3 Å². The minimum absolute atomic E-state index is 0.137. The minimum atomic E-state index is -4.55. The van der Waals surface area contributed by atoms with Gasteiger partial charge in [-0.05, 0) is 42.5 Å². The van der Waals surface area contributed by atoms with E-state index < -0.39 is 27.5 Å². The van der Waals surface area contributed by atoms with Gasteiger partial charge in [0.25, 0.3) is 5.91 Å². The summed E-state index contributed by atoms with van der Waals surface area (Å²) in [6.45, 7) is 0. The summed E-state index contributed by atoms with van der Waals surface area (Å²) in [6.07, 6.45) is -3.53. The smallest absolute Gasteiger partial charge is 0.322 e. The molecule has 10 heteroatoms. The lowest BCUT2D eigenvalue weighted by atomic mass is 10.1. The summed E-state index contributed by atoms with van der Waals surface area (Å²) < 4.78 is 61.4. The van der Waals surface area contributed by atoms with Crippen LogP contribution in [0.1, 0.15) is 15.9 Å². The normalized spacial score (nSPS) is 11.9. The highest BCUT2D eigenvalue weighted by molar-refractivity contribution is 7.90. The molecule has 1 aromatic heterocycles. The van der Waals surface area contributed by atoms with E-state index >= 15 is 0 Å². The van der Waals surface area contributed by atoms with E-state index in [1.165, 1.54) is 18.2 Å². The van der Waals surface area contributed by atoms with Crippen molar-refractivity contribution in [1.82, 2.24) is 10.2 Å². The highest BCUT2D eigenvalue weighted by Gasteiger charge is 2.30. The van der Waals surface area contributed by atoms with Crippen LogP contribution in [0.4, 0.5) is 18.9 Å². The van der Waals surface area contributed by atoms with Gasteiger partial charge in [-0.3, -0.25) is 4.79 Å². The molecule has 0 spiro atoms. The summed E-state index contributed by atoms with van der Waals surface area (Å²) in [7, 11) is -3.48. The zero-order valence-electron chi connectivity index (χ0n) is 14.9. The summed E-state index contributed by atoms with van der Waals surface area (Å²) >= 11 is 0. The van der Waals surface area contributed by atoms with Crippen LogP contribution in [0.15, 0.2) is 65.7 Å². The number of carbonyl (C=O) groups is 1. The quantitative estimate of drug-likeness (QED) is 0.692. The van der Waals surface area contributed by atoms with E-state index in [4.69, 9.17) is 0 Å². The Labute approximate surface area is 164 Å². The first kappa shape index (κ1) is 20.5. The number of sulfone groups is 1. The first-order valence-corrected chi connectivity index (χ1v) is 10.1. The SMILES string of the molecule is CS(=O)(=O)c1ccc(-c2cccc(NC(=O)c3cccc(C(F)(F)F)c3)c2)nn1. The van der Waals surface area contributed by atoms with Crippen LogP contribution in [0.3, 0.4) is 0 Å². The molecule has 2 aromatic carbocycles. The van der Waals surface area contributed by atoms with E-state index in [0.29, 0.717) is 16.9 Å². The first-order chi connectivity index (χ1) is 13.5. The molecule has 1 amide bonds. The van der Waals surface area contributed by atoms with Gasteiger partial charge in [0.15, 0.2) is 14.9 Å². The number of rotatable bonds is 4. The third kappa shape index (κ3) is 4.96. The van der Waals surface area contributed by atoms with Crippen LogP contribution in [-0.2, 0) is 16.0 Å². The second-order valence-corrected chi connectivity index (χ2v) is 8.11. The Morgan fingerprint density at radius 2 is 1.69 bits per heavy atom. The van der Waals surface area contributed by atoms with Crippen LogP contribution in [0.25, 0.3) is 11.3 Å². The molecule has 0 saturated carbocycles. The number of anilines is 1. The lowest BCUT2D eigenvalue weighted by molar-refractivity contribution is -0.137. The Hall–Kier alpha value is -3.27. The third-order valence-electron chi connectivity index (χ3n) is 3.89. The molecule has 6 nitrogen and oxygen atoms in total. The zero-order valence-corrected chi connectivity index (χ0v) is 15.8. The van der Waals surface area contributed by atoms with Gasteiger partial charge in [0.1, 0.15) is 0 Å². The fraction of sp³-hybridized carbons (Fsp3) is 0.105. The van der Waals surface area contributed by atoms with E-state index in [2.05, 4.69) is 15.5 Å². The van der Waals surface area contributed by atoms with Gasteiger partial charge < -0.3 is 5.32 Å². The van der Waals surface area contributed by atoms with Crippen molar-refractivity contribution in [2.24, 2.45) is 0 Å². The number of halogens is 3. The first-order valence-electron chi connectivity index (χ1n) is 8.17. The number of alkyl halides is 3. The predicted octanol–water partition coefficient (Wildman–Crippen LogP) is 3.82. The van der Waals surface area contributed by atoms with Crippen LogP contribution < -0.4 is 5.32 Å². The van der Waals surface area contributed by atoms with E-state index in [9.17, 15) is 26.4 Å². The summed E-state index contributed by atoms with van der Waals surface area (Å²) in [6, 6.07) is 13.3. The van der Waals surface area contributed by atoms with E-state index in [1.54, 1.807) is 24.3 Å². The fourth-order valence-corrected chi connectivity index (χ4v) is 2.97. The monoisotopic (exact) mass is 421 g/mol. The maximum absolute atomic E-state index is 12.8. The van der Waals surface area contributed by atoms with Crippen LogP contribution in [0, 0.1) is 0 Å². The van der Waals surface area contributed by atoms with E-state index in [1.807, 2.05) is 0 Å². The second kappa shape index (κ2) is 7.63. The summed E-state index contributed by atoms with van der Waals surface area (Å²) in [5.74, 6) is -0.702. The molecule has 1 heterocycles. The van der Waals surface area contributed by atoms with Gasteiger partial charge in [-0.25, -0.2) is 8.42 Å². The Morgan fingerprint density at radius 3 is 2.31 bits per heavy atom. The topological polar surface area (TPSA) is 89.0 Å². The molecule has 1 N–H and O–H groups in total. The average molecular weight is 421 g/mol. The molecule has 3 rings (SSSR count). The Balaban J connectivity index is 1.82. The van der Waals surface area contributed by atoms with Crippen LogP contribution in [0.5, 0.6) is 0 Å². The maximum Gasteiger partial charge on any atom is 0.416 e. The van der Waals surface area contributed by atoms with Crippen molar-refractivity contribution in [2.75, 3.05) is 11.6 Å². The molecule has 3 aromatic rings. The largest absolute Gasteiger partial charge is 0.416 e. The van der Waals surface area contributed by atoms with Gasteiger partial charge in [-0.2, -0.15) is 13.2 Å². The number of benzene rings is 2. The molecular weight excluding hydrogens is 407 g/mol. The van der Waals surface area contributed by atoms with Crippen LogP contribution in [0.2, 0.25) is 0 Å². The summed E-state index contributed by atoms with van der Waals surface area (Å²) in [5.41, 5.74) is 0.188. The standard InChI is InChI=1S/C19H14F3N3O3S/c1-29(27,28)17-9-8-16(24-25-17)12-4-3-7-15(11-12)23-18(26)13-5-2-6-14(10-13)19(20,21)22/h2-11H,1H3,(H,23,26). The molecule has 0 aliphatic rings. The Bertz CT molecular complexity index is 1160. The lowest BCUT2D eigenvalue weighted by Crippen LogP contribution is -2.14. The minimum Gasteiger partial charge on any atom is -0.322 e. The zero-order chi connectivity index (χ0) is 21.2.